The first-order valence-electron chi connectivity index (χ1n) is 7.17. The molecule has 0 unspecified atom stereocenters. The van der Waals surface area contributed by atoms with Gasteiger partial charge in [-0.3, -0.25) is 4.90 Å². The predicted octanol–water partition coefficient (Wildman–Crippen LogP) is 2.96. The Morgan fingerprint density at radius 2 is 1.91 bits per heavy atom. The van der Waals surface area contributed by atoms with E-state index in [2.05, 4.69) is 4.98 Å². The summed E-state index contributed by atoms with van der Waals surface area (Å²) in [5.41, 5.74) is 2.23. The molecule has 0 fully saturated rings. The topological polar surface area (TPSA) is 49.5 Å². The lowest BCUT2D eigenvalue weighted by Crippen LogP contribution is -2.26. The number of rotatable bonds is 6. The fourth-order valence-electron chi connectivity index (χ4n) is 2.40. The number of fused-ring (bicyclic) bond motifs is 1. The first-order valence-corrected chi connectivity index (χ1v) is 7.17. The molecular formula is C17H17FN2O2. The van der Waals surface area contributed by atoms with Crippen LogP contribution < -0.4 is 0 Å². The van der Waals surface area contributed by atoms with Crippen molar-refractivity contribution >= 4 is 11.1 Å². The van der Waals surface area contributed by atoms with Crippen molar-refractivity contribution < 1.29 is 13.9 Å². The van der Waals surface area contributed by atoms with Crippen LogP contribution in [0, 0.1) is 5.82 Å². The summed E-state index contributed by atoms with van der Waals surface area (Å²) >= 11 is 0. The Morgan fingerprint density at radius 1 is 1.09 bits per heavy atom. The van der Waals surface area contributed by atoms with Gasteiger partial charge in [-0.2, -0.15) is 0 Å². The molecule has 0 aliphatic rings. The van der Waals surface area contributed by atoms with E-state index in [0.717, 1.165) is 5.56 Å². The van der Waals surface area contributed by atoms with E-state index in [-0.39, 0.29) is 12.4 Å². The largest absolute Gasteiger partial charge is 0.439 e. The quantitative estimate of drug-likeness (QED) is 0.760. The van der Waals surface area contributed by atoms with Crippen LogP contribution in [0.3, 0.4) is 0 Å². The zero-order chi connectivity index (χ0) is 15.4. The summed E-state index contributed by atoms with van der Waals surface area (Å²) in [4.78, 5) is 6.40. The molecule has 4 nitrogen and oxygen atoms in total. The Morgan fingerprint density at radius 3 is 2.68 bits per heavy atom. The number of aliphatic hydroxyl groups excluding tert-OH is 1. The highest BCUT2D eigenvalue weighted by atomic mass is 19.1. The van der Waals surface area contributed by atoms with Gasteiger partial charge < -0.3 is 9.52 Å². The highest BCUT2D eigenvalue weighted by Gasteiger charge is 2.12. The van der Waals surface area contributed by atoms with Gasteiger partial charge in [0.05, 0.1) is 13.2 Å². The molecule has 1 aromatic heterocycles. The molecular weight excluding hydrogens is 283 g/mol. The number of nitrogens with zero attached hydrogens (tertiary/aromatic N) is 2. The van der Waals surface area contributed by atoms with Gasteiger partial charge in [-0.1, -0.05) is 30.3 Å². The van der Waals surface area contributed by atoms with Gasteiger partial charge in [0, 0.05) is 19.2 Å². The zero-order valence-corrected chi connectivity index (χ0v) is 12.1. The van der Waals surface area contributed by atoms with E-state index in [1.54, 1.807) is 6.07 Å². The van der Waals surface area contributed by atoms with Gasteiger partial charge in [0.25, 0.3) is 0 Å². The number of aliphatic hydroxyl groups is 1. The predicted molar refractivity (Wildman–Crippen MR) is 81.6 cm³/mol. The molecule has 0 aliphatic heterocycles. The maximum absolute atomic E-state index is 13.2. The normalized spacial score (nSPS) is 11.4. The van der Waals surface area contributed by atoms with Crippen LogP contribution >= 0.6 is 0 Å². The van der Waals surface area contributed by atoms with Crippen molar-refractivity contribution in [2.75, 3.05) is 13.2 Å². The monoisotopic (exact) mass is 300 g/mol. The Balaban J connectivity index is 1.76. The summed E-state index contributed by atoms with van der Waals surface area (Å²) in [6.07, 6.45) is 0. The van der Waals surface area contributed by atoms with Gasteiger partial charge >= 0.3 is 0 Å². The number of halogens is 1. The Bertz CT molecular complexity index is 743. The third kappa shape index (κ3) is 3.50. The van der Waals surface area contributed by atoms with Gasteiger partial charge in [-0.15, -0.1) is 0 Å². The molecule has 0 atom stereocenters. The van der Waals surface area contributed by atoms with Gasteiger partial charge in [0.2, 0.25) is 5.89 Å². The SMILES string of the molecule is OCCN(Cc1ccccc1)Cc1nc2ccc(F)cc2o1. The van der Waals surface area contributed by atoms with Crippen LogP contribution in [0.5, 0.6) is 0 Å². The second kappa shape index (κ2) is 6.68. The van der Waals surface area contributed by atoms with Crippen LogP contribution in [0.4, 0.5) is 4.39 Å². The minimum atomic E-state index is -0.341. The summed E-state index contributed by atoms with van der Waals surface area (Å²) in [5, 5.41) is 9.23. The highest BCUT2D eigenvalue weighted by Crippen LogP contribution is 2.18. The van der Waals surface area contributed by atoms with Crippen molar-refractivity contribution in [1.29, 1.82) is 0 Å². The Labute approximate surface area is 127 Å². The summed E-state index contributed by atoms with van der Waals surface area (Å²) in [5.74, 6) is 0.177. The van der Waals surface area contributed by atoms with Crippen molar-refractivity contribution in [3.63, 3.8) is 0 Å². The van der Waals surface area contributed by atoms with E-state index in [4.69, 9.17) is 4.42 Å². The summed E-state index contributed by atoms with van der Waals surface area (Å²) < 4.78 is 18.8. The smallest absolute Gasteiger partial charge is 0.209 e. The third-order valence-corrected chi connectivity index (χ3v) is 3.42. The molecule has 1 N–H and O–H groups in total. The molecule has 0 saturated heterocycles. The van der Waals surface area contributed by atoms with Crippen LogP contribution in [0.2, 0.25) is 0 Å². The number of hydrogen-bond donors (Lipinski definition) is 1. The minimum absolute atomic E-state index is 0.0572. The molecule has 22 heavy (non-hydrogen) atoms. The van der Waals surface area contributed by atoms with Gasteiger partial charge in [0.1, 0.15) is 11.3 Å². The molecule has 3 aromatic rings. The van der Waals surface area contributed by atoms with E-state index in [1.807, 2.05) is 35.2 Å². The zero-order valence-electron chi connectivity index (χ0n) is 12.1. The lowest BCUT2D eigenvalue weighted by atomic mass is 10.2. The molecule has 2 aromatic carbocycles. The first-order chi connectivity index (χ1) is 10.7. The first kappa shape index (κ1) is 14.7. The van der Waals surface area contributed by atoms with Gasteiger partial charge in [0.15, 0.2) is 5.58 Å². The van der Waals surface area contributed by atoms with E-state index in [0.29, 0.717) is 36.6 Å². The molecule has 0 bridgehead atoms. The second-order valence-electron chi connectivity index (χ2n) is 5.14. The Kier molecular flexibility index (Phi) is 4.46. The van der Waals surface area contributed by atoms with E-state index in [1.165, 1.54) is 12.1 Å². The molecule has 3 rings (SSSR count). The van der Waals surface area contributed by atoms with Crippen molar-refractivity contribution in [2.24, 2.45) is 0 Å². The van der Waals surface area contributed by atoms with Crippen molar-refractivity contribution in [1.82, 2.24) is 9.88 Å². The van der Waals surface area contributed by atoms with E-state index >= 15 is 0 Å². The van der Waals surface area contributed by atoms with Crippen LogP contribution in [0.1, 0.15) is 11.5 Å². The van der Waals surface area contributed by atoms with E-state index < -0.39 is 0 Å². The third-order valence-electron chi connectivity index (χ3n) is 3.42. The van der Waals surface area contributed by atoms with Crippen LogP contribution in [0.15, 0.2) is 52.9 Å². The standard InChI is InChI=1S/C17H17FN2O2/c18-14-6-7-15-16(10-14)22-17(19-15)12-20(8-9-21)11-13-4-2-1-3-5-13/h1-7,10,21H,8-9,11-12H2. The van der Waals surface area contributed by atoms with Crippen LogP contribution in [-0.4, -0.2) is 28.1 Å². The average Bonchev–Trinajstić information content (AvgIpc) is 2.90. The van der Waals surface area contributed by atoms with Crippen molar-refractivity contribution in [3.05, 3.63) is 65.8 Å². The highest BCUT2D eigenvalue weighted by molar-refractivity contribution is 5.72. The number of benzene rings is 2. The second-order valence-corrected chi connectivity index (χ2v) is 5.14. The Hall–Kier alpha value is -2.24. The van der Waals surface area contributed by atoms with Crippen molar-refractivity contribution in [3.8, 4) is 0 Å². The maximum Gasteiger partial charge on any atom is 0.209 e. The molecule has 0 radical (unpaired) electrons. The summed E-state index contributed by atoms with van der Waals surface area (Å²) in [6.45, 7) is 1.73. The number of oxazole rings is 1. The maximum atomic E-state index is 13.2. The molecule has 0 amide bonds. The number of hydrogen-bond acceptors (Lipinski definition) is 4. The van der Waals surface area contributed by atoms with Crippen molar-refractivity contribution in [2.45, 2.75) is 13.1 Å². The molecule has 0 aliphatic carbocycles. The van der Waals surface area contributed by atoms with E-state index in [9.17, 15) is 9.50 Å². The average molecular weight is 300 g/mol. The summed E-state index contributed by atoms with van der Waals surface area (Å²) in [6, 6.07) is 14.3. The fraction of sp³-hybridized carbons (Fsp3) is 0.235. The minimum Gasteiger partial charge on any atom is -0.439 e. The van der Waals surface area contributed by atoms with Crippen LogP contribution in [0.25, 0.3) is 11.1 Å². The molecule has 0 saturated carbocycles. The summed E-state index contributed by atoms with van der Waals surface area (Å²) in [7, 11) is 0. The lowest BCUT2D eigenvalue weighted by molar-refractivity contribution is 0.173. The number of aromatic nitrogens is 1. The lowest BCUT2D eigenvalue weighted by Gasteiger charge is -2.19. The molecule has 114 valence electrons. The van der Waals surface area contributed by atoms with Gasteiger partial charge in [-0.25, -0.2) is 9.37 Å². The fourth-order valence-corrected chi connectivity index (χ4v) is 2.40. The molecule has 0 spiro atoms. The van der Waals surface area contributed by atoms with Crippen LogP contribution in [-0.2, 0) is 13.1 Å². The molecule has 5 heteroatoms. The molecule has 1 heterocycles. The van der Waals surface area contributed by atoms with Gasteiger partial charge in [-0.05, 0) is 17.7 Å².